The largest absolute Gasteiger partial charge is 0.213 e. The molecule has 80 valence electrons. The highest BCUT2D eigenvalue weighted by atomic mass is 32.2. The molecule has 14 heavy (non-hydrogen) atoms. The van der Waals surface area contributed by atoms with Crippen LogP contribution in [0.2, 0.25) is 0 Å². The van der Waals surface area contributed by atoms with Crippen LogP contribution >= 0.6 is 23.3 Å². The highest BCUT2D eigenvalue weighted by Crippen LogP contribution is 2.29. The van der Waals surface area contributed by atoms with Gasteiger partial charge in [0.05, 0.1) is 0 Å². The monoisotopic (exact) mass is 230 g/mol. The van der Waals surface area contributed by atoms with Gasteiger partial charge in [-0.3, -0.25) is 0 Å². The molecule has 1 atom stereocenters. The Morgan fingerprint density at radius 3 is 2.21 bits per heavy atom. The molecule has 4 heteroatoms. The molecule has 1 aromatic heterocycles. The molecule has 0 spiro atoms. The fourth-order valence-corrected chi connectivity index (χ4v) is 2.83. The molecular weight excluding hydrogens is 212 g/mol. The summed E-state index contributed by atoms with van der Waals surface area (Å²) in [5, 5.41) is 0.614. The molecule has 0 N–H and O–H groups in total. The van der Waals surface area contributed by atoms with Crippen molar-refractivity contribution in [1.29, 1.82) is 0 Å². The SMILES string of the molecule is CC(C)c1nsc(SC(C)C(C)C)n1. The summed E-state index contributed by atoms with van der Waals surface area (Å²) in [6.07, 6.45) is 0. The molecule has 1 aromatic rings. The van der Waals surface area contributed by atoms with Crippen molar-refractivity contribution in [3.05, 3.63) is 5.82 Å². The molecule has 0 bridgehead atoms. The van der Waals surface area contributed by atoms with Crippen molar-refractivity contribution in [1.82, 2.24) is 9.36 Å². The summed E-state index contributed by atoms with van der Waals surface area (Å²) in [7, 11) is 0. The Labute approximate surface area is 94.7 Å². The predicted molar refractivity (Wildman–Crippen MR) is 64.2 cm³/mol. The van der Waals surface area contributed by atoms with Crippen LogP contribution in [-0.2, 0) is 0 Å². The molecule has 0 aliphatic carbocycles. The fourth-order valence-electron chi connectivity index (χ4n) is 0.798. The van der Waals surface area contributed by atoms with Gasteiger partial charge in [-0.15, -0.1) is 0 Å². The number of nitrogens with zero attached hydrogens (tertiary/aromatic N) is 2. The maximum atomic E-state index is 4.50. The molecule has 0 fully saturated rings. The molecule has 1 heterocycles. The summed E-state index contributed by atoms with van der Waals surface area (Å²) in [6.45, 7) is 11.0. The Hall–Kier alpha value is -0.0900. The minimum Gasteiger partial charge on any atom is -0.213 e. The third-order valence-electron chi connectivity index (χ3n) is 2.17. The zero-order valence-corrected chi connectivity index (χ0v) is 11.1. The number of hydrogen-bond donors (Lipinski definition) is 0. The first-order valence-electron chi connectivity index (χ1n) is 5.01. The molecule has 2 nitrogen and oxygen atoms in total. The lowest BCUT2D eigenvalue weighted by Gasteiger charge is -2.11. The van der Waals surface area contributed by atoms with Crippen LogP contribution in [0.25, 0.3) is 0 Å². The smallest absolute Gasteiger partial charge is 0.170 e. The molecule has 0 aliphatic heterocycles. The van der Waals surface area contributed by atoms with Crippen LogP contribution in [0.3, 0.4) is 0 Å². The van der Waals surface area contributed by atoms with Gasteiger partial charge in [-0.1, -0.05) is 46.4 Å². The molecule has 1 rings (SSSR count). The van der Waals surface area contributed by atoms with E-state index >= 15 is 0 Å². The molecule has 0 saturated carbocycles. The first-order valence-corrected chi connectivity index (χ1v) is 6.66. The van der Waals surface area contributed by atoms with Gasteiger partial charge >= 0.3 is 0 Å². The Kier molecular flexibility index (Phi) is 4.38. The quantitative estimate of drug-likeness (QED) is 0.736. The lowest BCUT2D eigenvalue weighted by atomic mass is 10.2. The van der Waals surface area contributed by atoms with E-state index in [1.54, 1.807) is 0 Å². The third-order valence-corrected chi connectivity index (χ3v) is 4.41. The molecule has 0 amide bonds. The summed E-state index contributed by atoms with van der Waals surface area (Å²) in [5.74, 6) is 2.11. The maximum absolute atomic E-state index is 4.50. The second-order valence-electron chi connectivity index (χ2n) is 4.14. The van der Waals surface area contributed by atoms with Crippen molar-refractivity contribution < 1.29 is 0 Å². The van der Waals surface area contributed by atoms with E-state index in [0.29, 0.717) is 17.1 Å². The topological polar surface area (TPSA) is 25.8 Å². The highest BCUT2D eigenvalue weighted by Gasteiger charge is 2.13. The van der Waals surface area contributed by atoms with Gasteiger partial charge in [0.1, 0.15) is 5.82 Å². The number of rotatable bonds is 4. The van der Waals surface area contributed by atoms with Crippen LogP contribution in [0.1, 0.15) is 46.4 Å². The first-order chi connectivity index (χ1) is 6.50. The molecule has 0 saturated heterocycles. The minimum absolute atomic E-state index is 0.440. The summed E-state index contributed by atoms with van der Waals surface area (Å²) in [4.78, 5) is 4.50. The van der Waals surface area contributed by atoms with Crippen LogP contribution in [0.5, 0.6) is 0 Å². The van der Waals surface area contributed by atoms with Crippen LogP contribution in [0, 0.1) is 5.92 Å². The van der Waals surface area contributed by atoms with E-state index in [4.69, 9.17) is 0 Å². The molecular formula is C10H18N2S2. The van der Waals surface area contributed by atoms with Crippen molar-refractivity contribution in [2.75, 3.05) is 0 Å². The third kappa shape index (κ3) is 3.24. The van der Waals surface area contributed by atoms with E-state index in [1.165, 1.54) is 11.5 Å². The summed E-state index contributed by atoms with van der Waals surface area (Å²) < 4.78 is 5.44. The Morgan fingerprint density at radius 1 is 1.14 bits per heavy atom. The van der Waals surface area contributed by atoms with Gasteiger partial charge in [-0.05, 0) is 17.5 Å². The van der Waals surface area contributed by atoms with E-state index in [2.05, 4.69) is 44.0 Å². The Morgan fingerprint density at radius 2 is 1.79 bits per heavy atom. The van der Waals surface area contributed by atoms with Crippen LogP contribution in [-0.4, -0.2) is 14.6 Å². The van der Waals surface area contributed by atoms with Gasteiger partial charge in [-0.25, -0.2) is 4.98 Å². The van der Waals surface area contributed by atoms with E-state index in [1.807, 2.05) is 11.8 Å². The lowest BCUT2D eigenvalue weighted by molar-refractivity contribution is 0.642. The van der Waals surface area contributed by atoms with Gasteiger partial charge in [-0.2, -0.15) is 4.37 Å². The Balaban J connectivity index is 2.60. The van der Waals surface area contributed by atoms with E-state index in [-0.39, 0.29) is 0 Å². The van der Waals surface area contributed by atoms with Crippen LogP contribution in [0.4, 0.5) is 0 Å². The highest BCUT2D eigenvalue weighted by molar-refractivity contribution is 8.01. The summed E-state index contributed by atoms with van der Waals surface area (Å²) >= 11 is 3.36. The van der Waals surface area contributed by atoms with Gasteiger partial charge in [0.25, 0.3) is 0 Å². The Bertz CT molecular complexity index is 281. The van der Waals surface area contributed by atoms with E-state index in [0.717, 1.165) is 10.2 Å². The van der Waals surface area contributed by atoms with Gasteiger partial charge in [0, 0.05) is 11.2 Å². The van der Waals surface area contributed by atoms with Crippen molar-refractivity contribution in [3.63, 3.8) is 0 Å². The number of thioether (sulfide) groups is 1. The molecule has 0 radical (unpaired) electrons. The zero-order chi connectivity index (χ0) is 10.7. The van der Waals surface area contributed by atoms with Crippen molar-refractivity contribution >= 4 is 23.3 Å². The summed E-state index contributed by atoms with van der Waals surface area (Å²) in [6, 6.07) is 0. The van der Waals surface area contributed by atoms with E-state index < -0.39 is 0 Å². The van der Waals surface area contributed by atoms with Crippen LogP contribution < -0.4 is 0 Å². The molecule has 0 aromatic carbocycles. The van der Waals surface area contributed by atoms with Crippen molar-refractivity contribution in [3.8, 4) is 0 Å². The number of hydrogen-bond acceptors (Lipinski definition) is 4. The second kappa shape index (κ2) is 5.12. The average Bonchev–Trinajstić information content (AvgIpc) is 2.52. The van der Waals surface area contributed by atoms with Crippen molar-refractivity contribution in [2.24, 2.45) is 5.92 Å². The predicted octanol–water partition coefficient (Wildman–Crippen LogP) is 3.80. The van der Waals surface area contributed by atoms with E-state index in [9.17, 15) is 0 Å². The zero-order valence-electron chi connectivity index (χ0n) is 9.44. The summed E-state index contributed by atoms with van der Waals surface area (Å²) in [5.41, 5.74) is 0. The van der Waals surface area contributed by atoms with Crippen LogP contribution in [0.15, 0.2) is 4.34 Å². The molecule has 0 aliphatic rings. The van der Waals surface area contributed by atoms with Gasteiger partial charge < -0.3 is 0 Å². The van der Waals surface area contributed by atoms with Gasteiger partial charge in [0.15, 0.2) is 4.34 Å². The number of aromatic nitrogens is 2. The first kappa shape index (κ1) is 12.0. The van der Waals surface area contributed by atoms with Crippen molar-refractivity contribution in [2.45, 2.75) is 50.1 Å². The average molecular weight is 230 g/mol. The molecule has 1 unspecified atom stereocenters. The van der Waals surface area contributed by atoms with Gasteiger partial charge in [0.2, 0.25) is 0 Å². The normalized spacial score (nSPS) is 13.9. The fraction of sp³-hybridized carbons (Fsp3) is 0.800. The second-order valence-corrected chi connectivity index (χ2v) is 6.52. The minimum atomic E-state index is 0.440. The standard InChI is InChI=1S/C10H18N2S2/c1-6(2)8(5)13-10-11-9(7(3)4)12-14-10/h6-8H,1-5H3. The lowest BCUT2D eigenvalue weighted by Crippen LogP contribution is -2.04. The maximum Gasteiger partial charge on any atom is 0.170 e.